The third kappa shape index (κ3) is 4.37. The van der Waals surface area contributed by atoms with Crippen molar-refractivity contribution in [2.24, 2.45) is 0 Å². The summed E-state index contributed by atoms with van der Waals surface area (Å²) in [7, 11) is 0. The van der Waals surface area contributed by atoms with Gasteiger partial charge in [-0.25, -0.2) is 0 Å². The van der Waals surface area contributed by atoms with Crippen molar-refractivity contribution in [2.45, 2.75) is 40.5 Å². The zero-order valence-corrected chi connectivity index (χ0v) is 11.0. The molecule has 0 aliphatic rings. The lowest BCUT2D eigenvalue weighted by molar-refractivity contribution is 0.866. The van der Waals surface area contributed by atoms with Gasteiger partial charge in [-0.15, -0.1) is 5.73 Å². The fraction of sp³-hybridized carbons (Fsp3) is 0.400. The van der Waals surface area contributed by atoms with Crippen molar-refractivity contribution in [1.29, 1.82) is 0 Å². The van der Waals surface area contributed by atoms with Crippen LogP contribution in [0, 0.1) is 13.5 Å². The molecule has 0 bridgehead atoms. The van der Waals surface area contributed by atoms with Gasteiger partial charge in [0.2, 0.25) is 0 Å². The van der Waals surface area contributed by atoms with Gasteiger partial charge in [0.25, 0.3) is 0 Å². The van der Waals surface area contributed by atoms with Crippen LogP contribution in [-0.2, 0) is 0 Å². The molecule has 1 N–H and O–H groups in total. The Labute approximate surface area is 99.9 Å². The summed E-state index contributed by atoms with van der Waals surface area (Å²) < 4.78 is 0. The molecule has 1 aromatic rings. The highest BCUT2D eigenvalue weighted by Crippen LogP contribution is 2.22. The molecule has 1 heteroatoms. The van der Waals surface area contributed by atoms with Gasteiger partial charge in [0.05, 0.1) is 0 Å². The number of nitrogens with one attached hydrogen (secondary N) is 1. The van der Waals surface area contributed by atoms with Crippen LogP contribution in [0.25, 0.3) is 0 Å². The first-order valence-electron chi connectivity index (χ1n) is 5.80. The van der Waals surface area contributed by atoms with Gasteiger partial charge in [-0.05, 0) is 36.6 Å². The Kier molecular flexibility index (Phi) is 7.07. The van der Waals surface area contributed by atoms with Crippen LogP contribution in [0.3, 0.4) is 0 Å². The number of aryl methyl sites for hydroxylation is 1. The Morgan fingerprint density at radius 3 is 2.44 bits per heavy atom. The Hall–Kier alpha value is -1.46. The van der Waals surface area contributed by atoms with Crippen LogP contribution in [0.1, 0.15) is 44.7 Å². The molecule has 0 fully saturated rings. The summed E-state index contributed by atoms with van der Waals surface area (Å²) in [6.07, 6.45) is 1.62. The van der Waals surface area contributed by atoms with Gasteiger partial charge in [-0.1, -0.05) is 39.8 Å². The average molecular weight is 216 g/mol. The van der Waals surface area contributed by atoms with E-state index in [2.05, 4.69) is 50.0 Å². The Morgan fingerprint density at radius 1 is 1.31 bits per heavy atom. The summed E-state index contributed by atoms with van der Waals surface area (Å²) in [5.41, 5.74) is 6.08. The monoisotopic (exact) mass is 216 g/mol. The highest BCUT2D eigenvalue weighted by Gasteiger charge is 2.01. The van der Waals surface area contributed by atoms with E-state index in [0.717, 1.165) is 5.69 Å². The molecule has 1 rings (SSSR count). The molecule has 1 nitrogen and oxygen atoms in total. The lowest BCUT2D eigenvalue weighted by Gasteiger charge is -2.10. The van der Waals surface area contributed by atoms with E-state index >= 15 is 0 Å². The number of hydrogen-bond donors (Lipinski definition) is 1. The maximum Gasteiger partial charge on any atom is 0.0442 e. The van der Waals surface area contributed by atoms with E-state index in [1.807, 2.05) is 13.8 Å². The lowest BCUT2D eigenvalue weighted by atomic mass is 10.0. The quantitative estimate of drug-likeness (QED) is 0.725. The van der Waals surface area contributed by atoms with Crippen molar-refractivity contribution in [2.75, 3.05) is 5.32 Å². The molecule has 0 atom stereocenters. The first-order chi connectivity index (χ1) is 7.65. The molecule has 0 saturated heterocycles. The molecule has 16 heavy (non-hydrogen) atoms. The summed E-state index contributed by atoms with van der Waals surface area (Å²) >= 11 is 0. The van der Waals surface area contributed by atoms with Gasteiger partial charge < -0.3 is 5.32 Å². The molecule has 0 amide bonds. The SMILES string of the molecule is CC.[CH]=C=CNc1cc(C(C)C)ccc1C. The van der Waals surface area contributed by atoms with E-state index in [1.54, 1.807) is 6.20 Å². The van der Waals surface area contributed by atoms with E-state index in [-0.39, 0.29) is 0 Å². The number of anilines is 1. The van der Waals surface area contributed by atoms with Crippen LogP contribution < -0.4 is 5.32 Å². The van der Waals surface area contributed by atoms with Gasteiger partial charge in [-0.3, -0.25) is 0 Å². The topological polar surface area (TPSA) is 12.0 Å². The molecule has 0 spiro atoms. The van der Waals surface area contributed by atoms with Crippen LogP contribution in [0.2, 0.25) is 0 Å². The predicted molar refractivity (Wildman–Crippen MR) is 72.6 cm³/mol. The molecular weight excluding hydrogens is 194 g/mol. The normalized spacial score (nSPS) is 8.88. The number of hydrogen-bond acceptors (Lipinski definition) is 1. The van der Waals surface area contributed by atoms with E-state index in [0.29, 0.717) is 5.92 Å². The molecule has 87 valence electrons. The maximum atomic E-state index is 5.16. The Balaban J connectivity index is 0.00000106. The van der Waals surface area contributed by atoms with E-state index in [1.165, 1.54) is 11.1 Å². The third-order valence-electron chi connectivity index (χ3n) is 2.24. The summed E-state index contributed by atoms with van der Waals surface area (Å²) in [6, 6.07) is 6.41. The van der Waals surface area contributed by atoms with Crippen molar-refractivity contribution in [3.63, 3.8) is 0 Å². The van der Waals surface area contributed by atoms with Gasteiger partial charge in [0.1, 0.15) is 0 Å². The Morgan fingerprint density at radius 2 is 1.94 bits per heavy atom. The van der Waals surface area contributed by atoms with Crippen LogP contribution in [0.4, 0.5) is 5.69 Å². The summed E-state index contributed by atoms with van der Waals surface area (Å²) in [6.45, 7) is 15.6. The second kappa shape index (κ2) is 7.78. The van der Waals surface area contributed by atoms with Crippen molar-refractivity contribution in [1.82, 2.24) is 0 Å². The molecule has 0 aliphatic carbocycles. The smallest absolute Gasteiger partial charge is 0.0442 e. The first kappa shape index (κ1) is 14.5. The Bertz CT molecular complexity index is 358. The van der Waals surface area contributed by atoms with Crippen molar-refractivity contribution in [3.05, 3.63) is 47.8 Å². The highest BCUT2D eigenvalue weighted by atomic mass is 14.8. The maximum absolute atomic E-state index is 5.16. The molecule has 1 aromatic carbocycles. The van der Waals surface area contributed by atoms with Crippen LogP contribution in [-0.4, -0.2) is 0 Å². The fourth-order valence-electron chi connectivity index (χ4n) is 1.27. The molecule has 0 unspecified atom stereocenters. The summed E-state index contributed by atoms with van der Waals surface area (Å²) in [4.78, 5) is 0. The highest BCUT2D eigenvalue weighted by molar-refractivity contribution is 5.54. The van der Waals surface area contributed by atoms with E-state index in [9.17, 15) is 0 Å². The second-order valence-electron chi connectivity index (χ2n) is 3.68. The van der Waals surface area contributed by atoms with E-state index in [4.69, 9.17) is 6.58 Å². The van der Waals surface area contributed by atoms with Gasteiger partial charge in [-0.2, -0.15) is 0 Å². The fourth-order valence-corrected chi connectivity index (χ4v) is 1.27. The van der Waals surface area contributed by atoms with Crippen molar-refractivity contribution >= 4 is 5.69 Å². The second-order valence-corrected chi connectivity index (χ2v) is 3.68. The van der Waals surface area contributed by atoms with Crippen molar-refractivity contribution in [3.8, 4) is 0 Å². The minimum Gasteiger partial charge on any atom is -0.355 e. The van der Waals surface area contributed by atoms with E-state index < -0.39 is 0 Å². The van der Waals surface area contributed by atoms with Crippen LogP contribution in [0.5, 0.6) is 0 Å². The molecule has 0 saturated carbocycles. The van der Waals surface area contributed by atoms with Crippen LogP contribution in [0.15, 0.2) is 30.1 Å². The van der Waals surface area contributed by atoms with Crippen LogP contribution >= 0.6 is 0 Å². The zero-order chi connectivity index (χ0) is 12.6. The molecule has 1 radical (unpaired) electrons. The minimum absolute atomic E-state index is 0.544. The third-order valence-corrected chi connectivity index (χ3v) is 2.24. The molecule has 0 aromatic heterocycles. The molecule has 0 heterocycles. The lowest BCUT2D eigenvalue weighted by Crippen LogP contribution is -1.94. The van der Waals surface area contributed by atoms with Crippen molar-refractivity contribution < 1.29 is 0 Å². The molecular formula is C15H22N. The predicted octanol–water partition coefficient (Wildman–Crippen LogP) is 4.66. The summed E-state index contributed by atoms with van der Waals surface area (Å²) in [5.74, 6) is 0.544. The average Bonchev–Trinajstić information content (AvgIpc) is 2.30. The minimum atomic E-state index is 0.544. The number of rotatable bonds is 3. The van der Waals surface area contributed by atoms with Gasteiger partial charge in [0.15, 0.2) is 0 Å². The van der Waals surface area contributed by atoms with Gasteiger partial charge in [0, 0.05) is 11.9 Å². The zero-order valence-electron chi connectivity index (χ0n) is 11.0. The summed E-state index contributed by atoms with van der Waals surface area (Å²) in [5, 5.41) is 3.10. The first-order valence-corrected chi connectivity index (χ1v) is 5.80. The number of benzene rings is 1. The molecule has 0 aliphatic heterocycles. The standard InChI is InChI=1S/C13H16N.C2H6/c1-5-8-14-13-9-12(10(2)3)7-6-11(13)4;1-2/h1,6-10,14H,2-4H3;1-2H3. The van der Waals surface area contributed by atoms with Gasteiger partial charge >= 0.3 is 0 Å². The largest absolute Gasteiger partial charge is 0.355 e.